The summed E-state index contributed by atoms with van der Waals surface area (Å²) in [5, 5.41) is 12.2. The van der Waals surface area contributed by atoms with Crippen molar-refractivity contribution in [3.63, 3.8) is 0 Å². The third-order valence-electron chi connectivity index (χ3n) is 6.18. The second-order valence-electron chi connectivity index (χ2n) is 10.2. The quantitative estimate of drug-likeness (QED) is 0.486. The summed E-state index contributed by atoms with van der Waals surface area (Å²) in [7, 11) is 0. The van der Waals surface area contributed by atoms with Crippen LogP contribution in [-0.4, -0.2) is 45.0 Å². The Kier molecular flexibility index (Phi) is 6.74. The monoisotopic (exact) mass is 526 g/mol. The Bertz CT molecular complexity index is 1150. The van der Waals surface area contributed by atoms with Crippen LogP contribution in [0.15, 0.2) is 52.7 Å². The Morgan fingerprint density at radius 3 is 2.39 bits per heavy atom. The molecule has 0 spiro atoms. The number of alkyl halides is 4. The van der Waals surface area contributed by atoms with Gasteiger partial charge in [0.2, 0.25) is 0 Å². The van der Waals surface area contributed by atoms with E-state index in [9.17, 15) is 32.3 Å². The Hall–Kier alpha value is -2.82. The number of aliphatic carboxylic acids is 1. The number of aliphatic imine (C=N–C) groups is 1. The number of carboxylic acids is 1. The molecule has 1 heterocycles. The second-order valence-corrected chi connectivity index (χ2v) is 11.3. The van der Waals surface area contributed by atoms with Gasteiger partial charge in [0.05, 0.1) is 16.4 Å². The topological polar surface area (TPSA) is 88.0 Å². The molecule has 0 radical (unpaired) electrons. The smallest absolute Gasteiger partial charge is 0.416 e. The highest BCUT2D eigenvalue weighted by atomic mass is 32.2. The van der Waals surface area contributed by atoms with E-state index in [1.807, 2.05) is 0 Å². The van der Waals surface area contributed by atoms with Crippen LogP contribution in [0.5, 0.6) is 0 Å². The normalized spacial score (nSPS) is 23.6. The number of nitrogens with one attached hydrogen (secondary N) is 1. The van der Waals surface area contributed by atoms with Crippen LogP contribution in [0.1, 0.15) is 44.7 Å². The molecule has 3 unspecified atom stereocenters. The van der Waals surface area contributed by atoms with Crippen molar-refractivity contribution in [3.8, 4) is 0 Å². The van der Waals surface area contributed by atoms with Gasteiger partial charge in [-0.05, 0) is 42.0 Å². The second kappa shape index (κ2) is 9.24. The molecule has 3 aliphatic rings. The highest BCUT2D eigenvalue weighted by Gasteiger charge is 2.53. The first-order valence-electron chi connectivity index (χ1n) is 11.4. The molecule has 2 aliphatic carbocycles. The van der Waals surface area contributed by atoms with Crippen molar-refractivity contribution in [2.45, 2.75) is 69.4 Å². The lowest BCUT2D eigenvalue weighted by molar-refractivity contribution is -0.144. The number of carbonyl (C=O) groups is 2. The van der Waals surface area contributed by atoms with Gasteiger partial charge in [-0.15, -0.1) is 0 Å². The van der Waals surface area contributed by atoms with E-state index >= 15 is 0 Å². The number of carbonyl (C=O) groups excluding carboxylic acids is 1. The molecule has 0 aromatic heterocycles. The molecule has 4 rings (SSSR count). The lowest BCUT2D eigenvalue weighted by Gasteiger charge is -2.29. The minimum Gasteiger partial charge on any atom is -0.490 e. The van der Waals surface area contributed by atoms with Crippen LogP contribution in [-0.2, 0) is 27.1 Å². The largest absolute Gasteiger partial charge is 0.490 e. The summed E-state index contributed by atoms with van der Waals surface area (Å²) in [6.45, 7) is 4.88. The number of hydrogen-bond donors (Lipinski definition) is 2. The van der Waals surface area contributed by atoms with Crippen molar-refractivity contribution in [1.82, 2.24) is 5.32 Å². The predicted molar refractivity (Wildman–Crippen MR) is 127 cm³/mol. The highest BCUT2D eigenvalue weighted by molar-refractivity contribution is 8.15. The fourth-order valence-corrected chi connectivity index (χ4v) is 5.23. The zero-order valence-electron chi connectivity index (χ0n) is 19.9. The minimum atomic E-state index is -4.47. The minimum absolute atomic E-state index is 0.0490. The number of nitrogens with zero attached hydrogens (tertiary/aromatic N) is 1. The van der Waals surface area contributed by atoms with Gasteiger partial charge in [0.25, 0.3) is 5.91 Å². The fourth-order valence-electron chi connectivity index (χ4n) is 3.91. The number of rotatable bonds is 7. The van der Waals surface area contributed by atoms with E-state index in [1.54, 1.807) is 26.8 Å². The summed E-state index contributed by atoms with van der Waals surface area (Å²) < 4.78 is 59.3. The summed E-state index contributed by atoms with van der Waals surface area (Å²) in [5.74, 6) is -1.76. The summed E-state index contributed by atoms with van der Waals surface area (Å²) in [6, 6.07) is 2.52. The number of ether oxygens (including phenoxy) is 1. The molecule has 2 N–H and O–H groups in total. The molecule has 1 fully saturated rings. The Morgan fingerprint density at radius 1 is 1.22 bits per heavy atom. The van der Waals surface area contributed by atoms with Crippen molar-refractivity contribution in [3.05, 3.63) is 58.9 Å². The van der Waals surface area contributed by atoms with Gasteiger partial charge in [-0.2, -0.15) is 13.2 Å². The summed E-state index contributed by atoms with van der Waals surface area (Å²) >= 11 is 1.25. The van der Waals surface area contributed by atoms with Crippen LogP contribution < -0.4 is 5.32 Å². The maximum Gasteiger partial charge on any atom is 0.416 e. The summed E-state index contributed by atoms with van der Waals surface area (Å²) in [5.41, 5.74) is -2.58. The third kappa shape index (κ3) is 5.45. The van der Waals surface area contributed by atoms with Gasteiger partial charge < -0.3 is 15.2 Å². The van der Waals surface area contributed by atoms with Crippen LogP contribution >= 0.6 is 11.8 Å². The first kappa shape index (κ1) is 26.2. The molecule has 36 heavy (non-hydrogen) atoms. The number of halogens is 4. The number of amides is 1. The number of fused-ring (bicyclic) bond motifs is 1. The molecule has 1 amide bonds. The molecule has 1 aromatic carbocycles. The molecule has 0 saturated heterocycles. The molecule has 1 aromatic rings. The molecule has 1 saturated carbocycles. The summed E-state index contributed by atoms with van der Waals surface area (Å²) in [6.07, 6.45) is -0.521. The van der Waals surface area contributed by atoms with E-state index in [1.165, 1.54) is 30.0 Å². The van der Waals surface area contributed by atoms with Gasteiger partial charge in [0.1, 0.15) is 29.5 Å². The molecule has 0 bridgehead atoms. The first-order valence-corrected chi connectivity index (χ1v) is 12.3. The van der Waals surface area contributed by atoms with Crippen LogP contribution in [0.2, 0.25) is 0 Å². The van der Waals surface area contributed by atoms with E-state index in [4.69, 9.17) is 4.74 Å². The maximum atomic E-state index is 14.7. The lowest BCUT2D eigenvalue weighted by Crippen LogP contribution is -2.49. The molecule has 194 valence electrons. The first-order chi connectivity index (χ1) is 16.7. The maximum absolute atomic E-state index is 14.7. The zero-order valence-corrected chi connectivity index (χ0v) is 20.7. The van der Waals surface area contributed by atoms with Gasteiger partial charge in [-0.3, -0.25) is 9.79 Å². The van der Waals surface area contributed by atoms with Crippen LogP contribution in [0, 0.1) is 5.41 Å². The standard InChI is InChI=1S/C25H26F4N2O4S/c1-23(2,3)19(21(33)34)31-20(32)15-8-9-16-17(30-22(36-16)24(26)10-11-24)18(15)35-12-13-4-6-14(7-5-13)25(27,28)29/h4-9,16-17,19H,10-12H2,1-3H3,(H,31,32)(H,33,34). The van der Waals surface area contributed by atoms with Gasteiger partial charge in [0, 0.05) is 0 Å². The fraction of sp³-hybridized carbons (Fsp3) is 0.480. The molecule has 11 heteroatoms. The molecular formula is C25H26F4N2O4S. The third-order valence-corrected chi connectivity index (χ3v) is 7.56. The zero-order chi connectivity index (χ0) is 26.5. The van der Waals surface area contributed by atoms with Gasteiger partial charge in [0.15, 0.2) is 5.67 Å². The van der Waals surface area contributed by atoms with Gasteiger partial charge in [-0.25, -0.2) is 9.18 Å². The Morgan fingerprint density at radius 2 is 1.86 bits per heavy atom. The summed E-state index contributed by atoms with van der Waals surface area (Å²) in [4.78, 5) is 29.5. The average Bonchev–Trinajstić information content (AvgIpc) is 3.37. The molecule has 1 aliphatic heterocycles. The molecular weight excluding hydrogens is 500 g/mol. The van der Waals surface area contributed by atoms with Crippen molar-refractivity contribution in [2.75, 3.05) is 0 Å². The number of benzene rings is 1. The number of thioether (sulfide) groups is 1. The number of carboxylic acid groups (broad SMARTS) is 1. The van der Waals surface area contributed by atoms with Crippen LogP contribution in [0.4, 0.5) is 17.6 Å². The molecule has 6 nitrogen and oxygen atoms in total. The SMILES string of the molecule is CC(C)(C)C(NC(=O)C1=C(OCc2ccc(C(F)(F)F)cc2)C2N=C(C3(F)CC3)SC2C=C1)C(=O)O. The lowest BCUT2D eigenvalue weighted by atomic mass is 9.86. The van der Waals surface area contributed by atoms with Crippen LogP contribution in [0.3, 0.4) is 0 Å². The van der Waals surface area contributed by atoms with E-state index < -0.39 is 46.8 Å². The van der Waals surface area contributed by atoms with Crippen molar-refractivity contribution in [2.24, 2.45) is 10.4 Å². The van der Waals surface area contributed by atoms with Crippen molar-refractivity contribution >= 4 is 28.7 Å². The van der Waals surface area contributed by atoms with Gasteiger partial charge >= 0.3 is 12.1 Å². The van der Waals surface area contributed by atoms with E-state index in [2.05, 4.69) is 10.3 Å². The van der Waals surface area contributed by atoms with E-state index in [0.717, 1.165) is 12.1 Å². The number of hydrogen-bond acceptors (Lipinski definition) is 5. The highest BCUT2D eigenvalue weighted by Crippen LogP contribution is 2.50. The van der Waals surface area contributed by atoms with Gasteiger partial charge in [-0.1, -0.05) is 50.7 Å². The molecule has 3 atom stereocenters. The Labute approximate surface area is 209 Å². The van der Waals surface area contributed by atoms with E-state index in [0.29, 0.717) is 23.4 Å². The average molecular weight is 527 g/mol. The van der Waals surface area contributed by atoms with E-state index in [-0.39, 0.29) is 23.2 Å². The van der Waals surface area contributed by atoms with Crippen molar-refractivity contribution in [1.29, 1.82) is 0 Å². The van der Waals surface area contributed by atoms with Crippen molar-refractivity contribution < 1.29 is 37.0 Å². The van der Waals surface area contributed by atoms with Crippen LogP contribution in [0.25, 0.3) is 0 Å². The predicted octanol–water partition coefficient (Wildman–Crippen LogP) is 5.05. The Balaban J connectivity index is 1.63.